The van der Waals surface area contributed by atoms with Crippen molar-refractivity contribution < 1.29 is 0 Å². The second-order valence-electron chi connectivity index (χ2n) is 5.35. The Kier molecular flexibility index (Phi) is 2.08. The Labute approximate surface area is 110 Å². The van der Waals surface area contributed by atoms with Crippen molar-refractivity contribution in [1.29, 1.82) is 0 Å². The summed E-state index contributed by atoms with van der Waals surface area (Å²) in [6.45, 7) is 3.56. The van der Waals surface area contributed by atoms with Gasteiger partial charge < -0.3 is 5.32 Å². The first-order chi connectivity index (χ1) is 8.29. The molecular weight excluding hydrogens is 276 g/mol. The van der Waals surface area contributed by atoms with Crippen LogP contribution in [-0.4, -0.2) is 30.1 Å². The van der Waals surface area contributed by atoms with Gasteiger partial charge in [0.2, 0.25) is 0 Å². The van der Waals surface area contributed by atoms with Gasteiger partial charge in [0.05, 0.1) is 11.6 Å². The third-order valence-corrected chi connectivity index (χ3v) is 5.00. The van der Waals surface area contributed by atoms with E-state index < -0.39 is 0 Å². The summed E-state index contributed by atoms with van der Waals surface area (Å²) in [7, 11) is 0. The van der Waals surface area contributed by atoms with Gasteiger partial charge in [-0.3, -0.25) is 4.90 Å². The maximum Gasteiger partial charge on any atom is 0.0545 e. The van der Waals surface area contributed by atoms with E-state index in [1.165, 1.54) is 12.1 Å². The van der Waals surface area contributed by atoms with Gasteiger partial charge in [-0.1, -0.05) is 40.2 Å². The first kappa shape index (κ1) is 10.3. The zero-order valence-corrected chi connectivity index (χ0v) is 11.2. The summed E-state index contributed by atoms with van der Waals surface area (Å²) in [4.78, 5) is 2.64. The summed E-state index contributed by atoms with van der Waals surface area (Å²) in [5, 5.41) is 3.53. The van der Waals surface area contributed by atoms with Crippen LogP contribution in [0, 0.1) is 5.92 Å². The molecular formula is C14H15BrN2. The third-order valence-electron chi connectivity index (χ3n) is 4.47. The number of rotatable bonds is 1. The highest BCUT2D eigenvalue weighted by Gasteiger charge is 2.62. The highest BCUT2D eigenvalue weighted by atomic mass is 79.9. The summed E-state index contributed by atoms with van der Waals surface area (Å²) in [6.07, 6.45) is 4.81. The van der Waals surface area contributed by atoms with Gasteiger partial charge in [0, 0.05) is 30.0 Å². The Morgan fingerprint density at radius 2 is 2.06 bits per heavy atom. The largest absolute Gasteiger partial charge is 0.314 e. The molecule has 0 aliphatic carbocycles. The molecule has 4 atom stereocenters. The first-order valence-electron chi connectivity index (χ1n) is 6.21. The zero-order chi connectivity index (χ0) is 11.5. The predicted molar refractivity (Wildman–Crippen MR) is 71.8 cm³/mol. The molecule has 0 bridgehead atoms. The number of hydrogen-bond donors (Lipinski definition) is 1. The molecule has 0 amide bonds. The Bertz CT molecular complexity index is 482. The number of nitrogens with zero attached hydrogens (tertiary/aromatic N) is 1. The molecule has 3 aliphatic heterocycles. The lowest BCUT2D eigenvalue weighted by molar-refractivity contribution is 0.325. The quantitative estimate of drug-likeness (QED) is 0.631. The molecule has 4 rings (SSSR count). The van der Waals surface area contributed by atoms with Crippen molar-refractivity contribution in [2.45, 2.75) is 11.6 Å². The minimum Gasteiger partial charge on any atom is -0.314 e. The molecule has 1 aromatic rings. The predicted octanol–water partition coefficient (Wildman–Crippen LogP) is 2.33. The van der Waals surface area contributed by atoms with Gasteiger partial charge in [0.15, 0.2) is 0 Å². The maximum atomic E-state index is 3.53. The lowest BCUT2D eigenvalue weighted by atomic mass is 9.90. The van der Waals surface area contributed by atoms with Crippen LogP contribution in [0.25, 0.3) is 0 Å². The molecule has 1 N–H and O–H groups in total. The molecule has 88 valence electrons. The summed E-state index contributed by atoms with van der Waals surface area (Å²) in [5.74, 6) is 0.731. The average molecular weight is 291 g/mol. The molecule has 1 spiro atoms. The second-order valence-corrected chi connectivity index (χ2v) is 6.27. The smallest absolute Gasteiger partial charge is 0.0545 e. The number of benzene rings is 1. The standard InChI is InChI=1S/C14H15BrN2/c15-12-4-1-10(2-5-12)13-6-3-11-7-16-8-14(11)9-17(13)14/h1-6,11,13,16H,7-9H2/t11-,13+,14+,17?/m1/s1. The maximum absolute atomic E-state index is 3.53. The van der Waals surface area contributed by atoms with E-state index in [9.17, 15) is 0 Å². The van der Waals surface area contributed by atoms with E-state index >= 15 is 0 Å². The van der Waals surface area contributed by atoms with Gasteiger partial charge in [-0.25, -0.2) is 0 Å². The monoisotopic (exact) mass is 290 g/mol. The fourth-order valence-electron chi connectivity index (χ4n) is 3.43. The van der Waals surface area contributed by atoms with Crippen molar-refractivity contribution >= 4 is 15.9 Å². The third kappa shape index (κ3) is 1.39. The molecule has 1 unspecified atom stereocenters. The van der Waals surface area contributed by atoms with Crippen LogP contribution in [0.5, 0.6) is 0 Å². The van der Waals surface area contributed by atoms with Crippen LogP contribution in [0.2, 0.25) is 0 Å². The summed E-state index contributed by atoms with van der Waals surface area (Å²) in [6, 6.07) is 9.22. The highest BCUT2D eigenvalue weighted by molar-refractivity contribution is 9.10. The van der Waals surface area contributed by atoms with Crippen molar-refractivity contribution in [1.82, 2.24) is 10.2 Å². The highest BCUT2D eigenvalue weighted by Crippen LogP contribution is 2.51. The number of halogens is 1. The molecule has 3 heteroatoms. The number of nitrogens with one attached hydrogen (secondary N) is 1. The van der Waals surface area contributed by atoms with Crippen LogP contribution in [-0.2, 0) is 0 Å². The van der Waals surface area contributed by atoms with Crippen molar-refractivity contribution in [3.05, 3.63) is 46.5 Å². The van der Waals surface area contributed by atoms with Crippen LogP contribution in [0.3, 0.4) is 0 Å². The van der Waals surface area contributed by atoms with E-state index in [1.807, 2.05) is 0 Å². The molecule has 3 heterocycles. The molecule has 2 nitrogen and oxygen atoms in total. The second kappa shape index (κ2) is 3.44. The summed E-state index contributed by atoms with van der Waals surface area (Å²) < 4.78 is 1.15. The van der Waals surface area contributed by atoms with E-state index in [0.717, 1.165) is 23.5 Å². The average Bonchev–Trinajstić information content (AvgIpc) is 2.92. The molecule has 2 saturated heterocycles. The minimum atomic E-state index is 0.451. The molecule has 0 aromatic heterocycles. The van der Waals surface area contributed by atoms with E-state index in [0.29, 0.717) is 11.6 Å². The first-order valence-corrected chi connectivity index (χ1v) is 7.00. The van der Waals surface area contributed by atoms with E-state index in [1.54, 1.807) is 0 Å². The number of hydrogen-bond acceptors (Lipinski definition) is 2. The Morgan fingerprint density at radius 1 is 1.24 bits per heavy atom. The van der Waals surface area contributed by atoms with Gasteiger partial charge in [-0.15, -0.1) is 0 Å². The Balaban J connectivity index is 1.69. The topological polar surface area (TPSA) is 15.0 Å². The molecule has 3 aliphatic rings. The summed E-state index contributed by atoms with van der Waals surface area (Å²) in [5.41, 5.74) is 1.86. The van der Waals surface area contributed by atoms with Gasteiger partial charge in [-0.05, 0) is 17.7 Å². The van der Waals surface area contributed by atoms with E-state index in [4.69, 9.17) is 0 Å². The molecule has 0 radical (unpaired) electrons. The van der Waals surface area contributed by atoms with E-state index in [2.05, 4.69) is 62.6 Å². The normalized spacial score (nSPS) is 42.1. The lowest BCUT2D eigenvalue weighted by Crippen LogP contribution is -2.31. The Morgan fingerprint density at radius 3 is 2.88 bits per heavy atom. The molecule has 2 fully saturated rings. The fourth-order valence-corrected chi connectivity index (χ4v) is 3.69. The van der Waals surface area contributed by atoms with Crippen LogP contribution in [0.1, 0.15) is 11.6 Å². The minimum absolute atomic E-state index is 0.451. The van der Waals surface area contributed by atoms with E-state index in [-0.39, 0.29) is 0 Å². The molecule has 17 heavy (non-hydrogen) atoms. The Hall–Kier alpha value is -0.640. The van der Waals surface area contributed by atoms with Gasteiger partial charge in [-0.2, -0.15) is 0 Å². The zero-order valence-electron chi connectivity index (χ0n) is 9.57. The summed E-state index contributed by atoms with van der Waals surface area (Å²) >= 11 is 3.50. The van der Waals surface area contributed by atoms with Crippen LogP contribution < -0.4 is 5.32 Å². The van der Waals surface area contributed by atoms with Gasteiger partial charge in [0.1, 0.15) is 0 Å². The van der Waals surface area contributed by atoms with Crippen molar-refractivity contribution in [2.75, 3.05) is 19.6 Å². The van der Waals surface area contributed by atoms with Crippen LogP contribution >= 0.6 is 15.9 Å². The fraction of sp³-hybridized carbons (Fsp3) is 0.429. The van der Waals surface area contributed by atoms with Crippen LogP contribution in [0.15, 0.2) is 40.9 Å². The van der Waals surface area contributed by atoms with Gasteiger partial charge in [0.25, 0.3) is 0 Å². The SMILES string of the molecule is Brc1ccc([C@@H]2C=C[C@@H]3CNC[C@]34CN24)cc1. The lowest BCUT2D eigenvalue weighted by Gasteiger charge is -2.27. The van der Waals surface area contributed by atoms with Gasteiger partial charge >= 0.3 is 0 Å². The molecule has 1 aromatic carbocycles. The van der Waals surface area contributed by atoms with Crippen molar-refractivity contribution in [3.8, 4) is 0 Å². The van der Waals surface area contributed by atoms with Crippen molar-refractivity contribution in [3.63, 3.8) is 0 Å². The van der Waals surface area contributed by atoms with Crippen molar-refractivity contribution in [2.24, 2.45) is 5.92 Å². The molecule has 0 saturated carbocycles. The van der Waals surface area contributed by atoms with Crippen LogP contribution in [0.4, 0.5) is 0 Å².